The Bertz CT molecular complexity index is 558. The summed E-state index contributed by atoms with van der Waals surface area (Å²) in [4.78, 5) is 10.7. The van der Waals surface area contributed by atoms with Gasteiger partial charge in [-0.25, -0.2) is 4.39 Å². The van der Waals surface area contributed by atoms with Crippen LogP contribution in [0.3, 0.4) is 0 Å². The fraction of sp³-hybridized carbons (Fsp3) is 0. The van der Waals surface area contributed by atoms with Gasteiger partial charge >= 0.3 is 0 Å². The first-order valence-electron chi connectivity index (χ1n) is 4.82. The van der Waals surface area contributed by atoms with E-state index in [9.17, 15) is 9.18 Å². The minimum absolute atomic E-state index is 0.220. The second-order valence-electron chi connectivity index (χ2n) is 3.49. The lowest BCUT2D eigenvalue weighted by Gasteiger charge is -2.08. The Labute approximate surface area is 108 Å². The van der Waals surface area contributed by atoms with Crippen molar-refractivity contribution in [2.24, 2.45) is 0 Å². The highest BCUT2D eigenvalue weighted by atomic mass is 35.5. The van der Waals surface area contributed by atoms with Crippen molar-refractivity contribution in [3.63, 3.8) is 0 Å². The Morgan fingerprint density at radius 3 is 2.29 bits per heavy atom. The van der Waals surface area contributed by atoms with Gasteiger partial charge in [0.25, 0.3) is 0 Å². The predicted molar refractivity (Wildman–Crippen MR) is 67.2 cm³/mol. The molecule has 0 bridgehead atoms. The summed E-state index contributed by atoms with van der Waals surface area (Å²) in [7, 11) is 0. The van der Waals surface area contributed by atoms with Crippen molar-refractivity contribution in [2.75, 3.05) is 0 Å². The summed E-state index contributed by atoms with van der Waals surface area (Å²) in [5, 5.41) is 0.441. The summed E-state index contributed by atoms with van der Waals surface area (Å²) in [6.45, 7) is 0. The van der Waals surface area contributed by atoms with Crippen LogP contribution in [-0.2, 0) is 0 Å². The number of carbonyl (C=O) groups excluding carboxylic acids is 1. The maximum atomic E-state index is 13.0. The van der Waals surface area contributed by atoms with Crippen molar-refractivity contribution in [2.45, 2.75) is 0 Å². The molecule has 0 radical (unpaired) electrons. The first-order chi connectivity index (χ1) is 8.11. The zero-order valence-corrected chi connectivity index (χ0v) is 10.1. The van der Waals surface area contributed by atoms with Gasteiger partial charge in [-0.2, -0.15) is 0 Å². The number of hydrogen-bond donors (Lipinski definition) is 0. The summed E-state index contributed by atoms with van der Waals surface area (Å²) in [5.74, 6) is -0.490. The van der Waals surface area contributed by atoms with E-state index in [1.54, 1.807) is 24.3 Å². The van der Waals surface area contributed by atoms with E-state index in [0.29, 0.717) is 16.7 Å². The summed E-state index contributed by atoms with van der Waals surface area (Å²) >= 11 is 11.9. The van der Waals surface area contributed by atoms with Gasteiger partial charge in [0, 0.05) is 11.1 Å². The van der Waals surface area contributed by atoms with Gasteiger partial charge in [-0.15, -0.1) is 0 Å². The number of aldehydes is 1. The maximum absolute atomic E-state index is 13.0. The van der Waals surface area contributed by atoms with Gasteiger partial charge in [0.2, 0.25) is 0 Å². The molecule has 0 saturated heterocycles. The predicted octanol–water partition coefficient (Wildman–Crippen LogP) is 4.61. The van der Waals surface area contributed by atoms with Crippen molar-refractivity contribution in [1.29, 1.82) is 0 Å². The highest BCUT2D eigenvalue weighted by Gasteiger charge is 2.11. The van der Waals surface area contributed by atoms with E-state index in [4.69, 9.17) is 23.2 Å². The number of halogens is 3. The Kier molecular flexibility index (Phi) is 3.46. The smallest absolute Gasteiger partial charge is 0.150 e. The summed E-state index contributed by atoms with van der Waals surface area (Å²) in [6, 6.07) is 9.18. The molecule has 0 unspecified atom stereocenters. The van der Waals surface area contributed by atoms with Crippen LogP contribution in [0, 0.1) is 5.82 Å². The summed E-state index contributed by atoms with van der Waals surface area (Å²) < 4.78 is 13.0. The molecule has 0 amide bonds. The first kappa shape index (κ1) is 12.1. The van der Waals surface area contributed by atoms with Gasteiger partial charge < -0.3 is 0 Å². The Morgan fingerprint density at radius 2 is 1.71 bits per heavy atom. The van der Waals surface area contributed by atoms with E-state index in [1.165, 1.54) is 12.1 Å². The highest BCUT2D eigenvalue weighted by molar-refractivity contribution is 6.39. The number of carbonyl (C=O) groups is 1. The molecule has 0 N–H and O–H groups in total. The molecule has 0 atom stereocenters. The third kappa shape index (κ3) is 2.48. The second-order valence-corrected chi connectivity index (χ2v) is 4.30. The zero-order chi connectivity index (χ0) is 12.4. The molecule has 86 valence electrons. The molecule has 0 aliphatic heterocycles. The van der Waals surface area contributed by atoms with Crippen LogP contribution >= 0.6 is 23.2 Å². The molecule has 0 aliphatic carbocycles. The molecule has 0 aliphatic rings. The molecular weight excluding hydrogens is 262 g/mol. The number of hydrogen-bond acceptors (Lipinski definition) is 1. The minimum Gasteiger partial charge on any atom is -0.298 e. The second kappa shape index (κ2) is 4.86. The number of rotatable bonds is 2. The fourth-order valence-electron chi connectivity index (χ4n) is 1.59. The third-order valence-electron chi connectivity index (χ3n) is 2.32. The van der Waals surface area contributed by atoms with Crippen LogP contribution < -0.4 is 0 Å². The molecule has 2 aromatic carbocycles. The van der Waals surface area contributed by atoms with Gasteiger partial charge in [0.1, 0.15) is 12.1 Å². The largest absolute Gasteiger partial charge is 0.298 e. The highest BCUT2D eigenvalue weighted by Crippen LogP contribution is 2.35. The molecule has 4 heteroatoms. The molecule has 17 heavy (non-hydrogen) atoms. The lowest BCUT2D eigenvalue weighted by Crippen LogP contribution is -1.86. The molecule has 2 rings (SSSR count). The van der Waals surface area contributed by atoms with Crippen molar-refractivity contribution >= 4 is 29.5 Å². The van der Waals surface area contributed by atoms with E-state index in [2.05, 4.69) is 0 Å². The third-order valence-corrected chi connectivity index (χ3v) is 2.91. The normalized spacial score (nSPS) is 10.3. The first-order valence-corrected chi connectivity index (χ1v) is 5.57. The van der Waals surface area contributed by atoms with E-state index < -0.39 is 5.82 Å². The lowest BCUT2D eigenvalue weighted by atomic mass is 10.0. The Balaban J connectivity index is 2.63. The molecule has 0 fully saturated rings. The van der Waals surface area contributed by atoms with Crippen molar-refractivity contribution in [3.8, 4) is 11.1 Å². The van der Waals surface area contributed by atoms with Gasteiger partial charge in [0.15, 0.2) is 0 Å². The van der Waals surface area contributed by atoms with Gasteiger partial charge in [-0.3, -0.25) is 4.79 Å². The van der Waals surface area contributed by atoms with Gasteiger partial charge in [-0.1, -0.05) is 41.4 Å². The zero-order valence-electron chi connectivity index (χ0n) is 8.58. The standard InChI is InChI=1S/C13H7Cl2FO/c14-11-5-10(16)6-12(15)13(11)9-3-1-2-8(4-9)7-17/h1-7H. The topological polar surface area (TPSA) is 17.1 Å². The van der Waals surface area contributed by atoms with E-state index in [-0.39, 0.29) is 10.0 Å². The van der Waals surface area contributed by atoms with Gasteiger partial charge in [-0.05, 0) is 23.8 Å². The molecule has 2 aromatic rings. The molecular formula is C13H7Cl2FO. The summed E-state index contributed by atoms with van der Waals surface area (Å²) in [5.41, 5.74) is 1.72. The van der Waals surface area contributed by atoms with Crippen molar-refractivity contribution in [1.82, 2.24) is 0 Å². The Hall–Kier alpha value is -1.38. The van der Waals surface area contributed by atoms with Crippen molar-refractivity contribution in [3.05, 3.63) is 57.8 Å². The molecule has 0 aromatic heterocycles. The fourth-order valence-corrected chi connectivity index (χ4v) is 2.26. The minimum atomic E-state index is -0.490. The maximum Gasteiger partial charge on any atom is 0.150 e. The van der Waals surface area contributed by atoms with E-state index >= 15 is 0 Å². The number of benzene rings is 2. The van der Waals surface area contributed by atoms with Crippen LogP contribution in [0.5, 0.6) is 0 Å². The molecule has 0 saturated carbocycles. The van der Waals surface area contributed by atoms with Gasteiger partial charge in [0.05, 0.1) is 10.0 Å². The van der Waals surface area contributed by atoms with E-state index in [1.807, 2.05) is 0 Å². The SMILES string of the molecule is O=Cc1cccc(-c2c(Cl)cc(F)cc2Cl)c1. The summed E-state index contributed by atoms with van der Waals surface area (Å²) in [6.07, 6.45) is 0.731. The molecule has 1 nitrogen and oxygen atoms in total. The van der Waals surface area contributed by atoms with Crippen LogP contribution in [0.25, 0.3) is 11.1 Å². The molecule has 0 spiro atoms. The van der Waals surface area contributed by atoms with Crippen LogP contribution in [-0.4, -0.2) is 6.29 Å². The van der Waals surface area contributed by atoms with Crippen LogP contribution in [0.4, 0.5) is 4.39 Å². The van der Waals surface area contributed by atoms with E-state index in [0.717, 1.165) is 6.29 Å². The molecule has 0 heterocycles. The average Bonchev–Trinajstić information content (AvgIpc) is 2.28. The van der Waals surface area contributed by atoms with Crippen LogP contribution in [0.15, 0.2) is 36.4 Å². The van der Waals surface area contributed by atoms with Crippen molar-refractivity contribution < 1.29 is 9.18 Å². The monoisotopic (exact) mass is 268 g/mol. The van der Waals surface area contributed by atoms with Crippen LogP contribution in [0.2, 0.25) is 10.0 Å². The average molecular weight is 269 g/mol. The van der Waals surface area contributed by atoms with Crippen LogP contribution in [0.1, 0.15) is 10.4 Å². The quantitative estimate of drug-likeness (QED) is 0.727. The Morgan fingerprint density at radius 1 is 1.06 bits per heavy atom. The lowest BCUT2D eigenvalue weighted by molar-refractivity contribution is 0.112.